The third-order valence-electron chi connectivity index (χ3n) is 2.82. The Bertz CT molecular complexity index is 519. The van der Waals surface area contributed by atoms with Crippen molar-refractivity contribution in [3.05, 3.63) is 46.7 Å². The second-order valence-corrected chi connectivity index (χ2v) is 4.53. The summed E-state index contributed by atoms with van der Waals surface area (Å²) in [6.45, 7) is 4.12. The first-order valence-corrected chi connectivity index (χ1v) is 5.98. The zero-order valence-electron chi connectivity index (χ0n) is 10.2. The summed E-state index contributed by atoms with van der Waals surface area (Å²) < 4.78 is 2.11. The largest absolute Gasteiger partial charge is 0.359 e. The van der Waals surface area contributed by atoms with Gasteiger partial charge in [-0.15, -0.1) is 0 Å². The van der Waals surface area contributed by atoms with E-state index in [0.717, 1.165) is 16.7 Å². The van der Waals surface area contributed by atoms with Crippen LogP contribution in [0.1, 0.15) is 24.2 Å². The fourth-order valence-electron chi connectivity index (χ4n) is 1.92. The number of nitrogens with one attached hydrogen (secondary N) is 1. The SMILES string of the molecule is CNc1nc(C)cn1C(C)c1cccc(Cl)c1. The molecule has 4 heteroatoms. The number of benzene rings is 1. The highest BCUT2D eigenvalue weighted by Crippen LogP contribution is 2.24. The van der Waals surface area contributed by atoms with E-state index in [-0.39, 0.29) is 6.04 Å². The van der Waals surface area contributed by atoms with Gasteiger partial charge in [0.1, 0.15) is 0 Å². The number of aryl methyl sites for hydroxylation is 1. The minimum absolute atomic E-state index is 0.206. The van der Waals surface area contributed by atoms with Crippen LogP contribution in [0, 0.1) is 6.92 Å². The summed E-state index contributed by atoms with van der Waals surface area (Å²) in [6, 6.07) is 8.12. The summed E-state index contributed by atoms with van der Waals surface area (Å²) in [4.78, 5) is 4.42. The average Bonchev–Trinajstić information content (AvgIpc) is 2.69. The topological polar surface area (TPSA) is 29.9 Å². The molecule has 0 aliphatic heterocycles. The molecule has 1 unspecified atom stereocenters. The molecule has 0 saturated carbocycles. The lowest BCUT2D eigenvalue weighted by Gasteiger charge is -2.16. The predicted octanol–water partition coefficient (Wildman–Crippen LogP) is 3.50. The number of imidazole rings is 1. The molecule has 1 aromatic heterocycles. The van der Waals surface area contributed by atoms with E-state index in [4.69, 9.17) is 11.6 Å². The van der Waals surface area contributed by atoms with Gasteiger partial charge >= 0.3 is 0 Å². The zero-order valence-corrected chi connectivity index (χ0v) is 11.0. The summed E-state index contributed by atoms with van der Waals surface area (Å²) >= 11 is 6.01. The zero-order chi connectivity index (χ0) is 12.4. The highest BCUT2D eigenvalue weighted by Gasteiger charge is 2.12. The fourth-order valence-corrected chi connectivity index (χ4v) is 2.12. The lowest BCUT2D eigenvalue weighted by Crippen LogP contribution is -2.09. The van der Waals surface area contributed by atoms with E-state index in [1.807, 2.05) is 38.4 Å². The van der Waals surface area contributed by atoms with E-state index in [9.17, 15) is 0 Å². The Balaban J connectivity index is 2.39. The molecule has 0 fully saturated rings. The summed E-state index contributed by atoms with van der Waals surface area (Å²) in [5, 5.41) is 3.86. The van der Waals surface area contributed by atoms with Crippen LogP contribution in [0.25, 0.3) is 0 Å². The molecule has 1 aromatic carbocycles. The van der Waals surface area contributed by atoms with E-state index >= 15 is 0 Å². The Morgan fingerprint density at radius 3 is 2.82 bits per heavy atom. The maximum Gasteiger partial charge on any atom is 0.203 e. The number of hydrogen-bond donors (Lipinski definition) is 1. The van der Waals surface area contributed by atoms with Crippen LogP contribution in [0.5, 0.6) is 0 Å². The van der Waals surface area contributed by atoms with Crippen molar-refractivity contribution < 1.29 is 0 Å². The van der Waals surface area contributed by atoms with Gasteiger partial charge in [0.05, 0.1) is 11.7 Å². The van der Waals surface area contributed by atoms with Crippen molar-refractivity contribution in [3.63, 3.8) is 0 Å². The van der Waals surface area contributed by atoms with Crippen LogP contribution >= 0.6 is 11.6 Å². The Morgan fingerprint density at radius 1 is 1.41 bits per heavy atom. The lowest BCUT2D eigenvalue weighted by atomic mass is 10.1. The summed E-state index contributed by atoms with van der Waals surface area (Å²) in [7, 11) is 1.88. The first kappa shape index (κ1) is 12.0. The molecule has 90 valence electrons. The van der Waals surface area contributed by atoms with Crippen LogP contribution < -0.4 is 5.32 Å². The molecule has 2 rings (SSSR count). The van der Waals surface area contributed by atoms with E-state index in [1.165, 1.54) is 5.56 Å². The van der Waals surface area contributed by atoms with Crippen LogP contribution in [0.2, 0.25) is 5.02 Å². The van der Waals surface area contributed by atoms with Crippen molar-refractivity contribution in [2.24, 2.45) is 0 Å². The Hall–Kier alpha value is -1.48. The fraction of sp³-hybridized carbons (Fsp3) is 0.308. The molecule has 0 aliphatic rings. The third kappa shape index (κ3) is 2.44. The minimum atomic E-state index is 0.206. The van der Waals surface area contributed by atoms with Crippen molar-refractivity contribution in [2.45, 2.75) is 19.9 Å². The lowest BCUT2D eigenvalue weighted by molar-refractivity contribution is 0.645. The Morgan fingerprint density at radius 2 is 2.18 bits per heavy atom. The van der Waals surface area contributed by atoms with E-state index in [2.05, 4.69) is 27.9 Å². The van der Waals surface area contributed by atoms with Gasteiger partial charge in [-0.2, -0.15) is 0 Å². The maximum absolute atomic E-state index is 6.01. The second kappa shape index (κ2) is 4.80. The molecular weight excluding hydrogens is 234 g/mol. The van der Waals surface area contributed by atoms with Gasteiger partial charge in [-0.25, -0.2) is 4.98 Å². The van der Waals surface area contributed by atoms with Gasteiger partial charge in [0.25, 0.3) is 0 Å². The van der Waals surface area contributed by atoms with Crippen molar-refractivity contribution in [1.82, 2.24) is 9.55 Å². The third-order valence-corrected chi connectivity index (χ3v) is 3.06. The van der Waals surface area contributed by atoms with Gasteiger partial charge < -0.3 is 9.88 Å². The molecule has 0 saturated heterocycles. The number of rotatable bonds is 3. The molecule has 0 amide bonds. The molecule has 0 spiro atoms. The molecule has 3 nitrogen and oxygen atoms in total. The second-order valence-electron chi connectivity index (χ2n) is 4.09. The van der Waals surface area contributed by atoms with E-state index < -0.39 is 0 Å². The van der Waals surface area contributed by atoms with Crippen molar-refractivity contribution in [2.75, 3.05) is 12.4 Å². The standard InChI is InChI=1S/C13H16ClN3/c1-9-8-17(13(15-3)16-9)10(2)11-5-4-6-12(14)7-11/h4-8,10H,1-3H3,(H,15,16). The number of aromatic nitrogens is 2. The molecule has 1 heterocycles. The molecule has 2 aromatic rings. The maximum atomic E-state index is 6.01. The summed E-state index contributed by atoms with van der Waals surface area (Å²) in [5.74, 6) is 0.870. The van der Waals surface area contributed by atoms with E-state index in [0.29, 0.717) is 0 Å². The highest BCUT2D eigenvalue weighted by molar-refractivity contribution is 6.30. The van der Waals surface area contributed by atoms with Gasteiger partial charge in [0.15, 0.2) is 0 Å². The van der Waals surface area contributed by atoms with Gasteiger partial charge in [0.2, 0.25) is 5.95 Å². The first-order valence-electron chi connectivity index (χ1n) is 5.60. The number of anilines is 1. The number of nitrogens with zero attached hydrogens (tertiary/aromatic N) is 2. The van der Waals surface area contributed by atoms with E-state index in [1.54, 1.807) is 0 Å². The van der Waals surface area contributed by atoms with Crippen LogP contribution in [0.3, 0.4) is 0 Å². The van der Waals surface area contributed by atoms with Gasteiger partial charge in [-0.3, -0.25) is 0 Å². The van der Waals surface area contributed by atoms with Crippen molar-refractivity contribution in [1.29, 1.82) is 0 Å². The quantitative estimate of drug-likeness (QED) is 0.902. The predicted molar refractivity (Wildman–Crippen MR) is 71.8 cm³/mol. The molecule has 0 bridgehead atoms. The first-order chi connectivity index (χ1) is 8.11. The van der Waals surface area contributed by atoms with Gasteiger partial charge in [-0.05, 0) is 31.5 Å². The van der Waals surface area contributed by atoms with Crippen LogP contribution in [0.15, 0.2) is 30.5 Å². The molecule has 0 aliphatic carbocycles. The van der Waals surface area contributed by atoms with Crippen LogP contribution in [-0.2, 0) is 0 Å². The van der Waals surface area contributed by atoms with Crippen molar-refractivity contribution >= 4 is 17.5 Å². The highest BCUT2D eigenvalue weighted by atomic mass is 35.5. The smallest absolute Gasteiger partial charge is 0.203 e. The molecule has 17 heavy (non-hydrogen) atoms. The van der Waals surface area contributed by atoms with Crippen molar-refractivity contribution in [3.8, 4) is 0 Å². The summed E-state index contributed by atoms with van der Waals surface area (Å²) in [6.07, 6.45) is 2.04. The molecule has 0 radical (unpaired) electrons. The van der Waals surface area contributed by atoms with Crippen LogP contribution in [0.4, 0.5) is 5.95 Å². The number of hydrogen-bond acceptors (Lipinski definition) is 2. The normalized spacial score (nSPS) is 12.5. The Kier molecular flexibility index (Phi) is 3.38. The molecule has 1 atom stereocenters. The van der Waals surface area contributed by atoms with Gasteiger partial charge in [0, 0.05) is 18.3 Å². The minimum Gasteiger partial charge on any atom is -0.359 e. The summed E-state index contributed by atoms with van der Waals surface area (Å²) in [5.41, 5.74) is 2.18. The average molecular weight is 250 g/mol. The number of halogens is 1. The molecule has 1 N–H and O–H groups in total. The van der Waals surface area contributed by atoms with Crippen LogP contribution in [-0.4, -0.2) is 16.6 Å². The van der Waals surface area contributed by atoms with Gasteiger partial charge in [-0.1, -0.05) is 23.7 Å². The Labute approximate surface area is 106 Å². The monoisotopic (exact) mass is 249 g/mol. The molecular formula is C13H16ClN3.